The molecular weight excluding hydrogens is 484 g/mol. The van der Waals surface area contributed by atoms with Gasteiger partial charge in [0.15, 0.2) is 5.13 Å². The molecule has 3 aromatic heterocycles. The summed E-state index contributed by atoms with van der Waals surface area (Å²) in [4.78, 5) is 27.1. The Morgan fingerprint density at radius 1 is 1.25 bits per heavy atom. The maximum Gasteiger partial charge on any atom is 0.347 e. The Balaban J connectivity index is 1.38. The van der Waals surface area contributed by atoms with Gasteiger partial charge in [-0.15, -0.1) is 10.2 Å². The Labute approximate surface area is 209 Å². The molecule has 36 heavy (non-hydrogen) atoms. The van der Waals surface area contributed by atoms with Gasteiger partial charge in [-0.25, -0.2) is 9.78 Å². The maximum atomic E-state index is 11.4. The number of aromatic carboxylic acids is 1. The van der Waals surface area contributed by atoms with E-state index in [0.29, 0.717) is 34.8 Å². The second kappa shape index (κ2) is 10.2. The molecule has 0 bridgehead atoms. The first-order valence-electron chi connectivity index (χ1n) is 11.3. The number of hydrogen-bond donors (Lipinski definition) is 5. The van der Waals surface area contributed by atoms with Crippen molar-refractivity contribution >= 4 is 40.0 Å². The number of aliphatic hydroxyl groups is 1. The molecular formula is C22H24N10O3S. The van der Waals surface area contributed by atoms with Crippen LogP contribution in [0, 0.1) is 6.92 Å². The summed E-state index contributed by atoms with van der Waals surface area (Å²) in [6.07, 6.45) is 1.84. The van der Waals surface area contributed by atoms with E-state index in [1.165, 1.54) is 0 Å². The number of aliphatic hydroxyl groups excluding tert-OH is 1. The quantitative estimate of drug-likeness (QED) is 0.223. The number of carboxylic acids is 1. The predicted octanol–water partition coefficient (Wildman–Crippen LogP) is 2.44. The van der Waals surface area contributed by atoms with Gasteiger partial charge in [0.2, 0.25) is 11.8 Å². The second-order valence-electron chi connectivity index (χ2n) is 8.26. The molecule has 1 atom stereocenters. The Morgan fingerprint density at radius 3 is 2.78 bits per heavy atom. The second-order valence-corrected chi connectivity index (χ2v) is 9.26. The number of benzene rings is 1. The number of thiazole rings is 1. The van der Waals surface area contributed by atoms with Crippen molar-refractivity contribution in [3.63, 3.8) is 0 Å². The van der Waals surface area contributed by atoms with Gasteiger partial charge in [0, 0.05) is 24.7 Å². The molecule has 4 aromatic rings. The highest BCUT2D eigenvalue weighted by atomic mass is 32.1. The largest absolute Gasteiger partial charge is 0.477 e. The summed E-state index contributed by atoms with van der Waals surface area (Å²) in [6, 6.07) is 9.60. The number of carboxylic acid groups (broad SMARTS) is 1. The van der Waals surface area contributed by atoms with Crippen molar-refractivity contribution in [3.05, 3.63) is 46.5 Å². The van der Waals surface area contributed by atoms with E-state index in [1.54, 1.807) is 6.92 Å². The van der Waals surface area contributed by atoms with Crippen molar-refractivity contribution in [2.24, 2.45) is 0 Å². The van der Waals surface area contributed by atoms with E-state index in [9.17, 15) is 15.0 Å². The third-order valence-electron chi connectivity index (χ3n) is 5.84. The van der Waals surface area contributed by atoms with Gasteiger partial charge in [-0.05, 0) is 30.5 Å². The number of anilines is 4. The summed E-state index contributed by atoms with van der Waals surface area (Å²) in [5.74, 6) is 1.05. The number of rotatable bonds is 9. The van der Waals surface area contributed by atoms with Crippen molar-refractivity contribution in [1.82, 2.24) is 35.6 Å². The number of aromatic amines is 1. The Kier molecular flexibility index (Phi) is 6.69. The lowest BCUT2D eigenvalue weighted by atomic mass is 10.1. The van der Waals surface area contributed by atoms with Crippen molar-refractivity contribution in [1.29, 1.82) is 0 Å². The van der Waals surface area contributed by atoms with E-state index in [2.05, 4.69) is 51.1 Å². The summed E-state index contributed by atoms with van der Waals surface area (Å²) in [6.45, 7) is 2.97. The molecule has 1 saturated heterocycles. The topological polar surface area (TPSA) is 178 Å². The summed E-state index contributed by atoms with van der Waals surface area (Å²) in [5.41, 5.74) is 2.30. The minimum atomic E-state index is -1.02. The maximum absolute atomic E-state index is 11.4. The highest BCUT2D eigenvalue weighted by Gasteiger charge is 2.26. The summed E-state index contributed by atoms with van der Waals surface area (Å²) >= 11 is 1.03. The molecule has 1 aliphatic heterocycles. The highest BCUT2D eigenvalue weighted by molar-refractivity contribution is 7.17. The van der Waals surface area contributed by atoms with Gasteiger partial charge in [-0.3, -0.25) is 5.32 Å². The van der Waals surface area contributed by atoms with Crippen LogP contribution in [0.4, 0.5) is 22.7 Å². The molecule has 0 amide bonds. The van der Waals surface area contributed by atoms with Crippen LogP contribution in [-0.4, -0.2) is 71.0 Å². The van der Waals surface area contributed by atoms with E-state index >= 15 is 0 Å². The zero-order chi connectivity index (χ0) is 25.1. The van der Waals surface area contributed by atoms with Gasteiger partial charge in [0.05, 0.1) is 18.3 Å². The van der Waals surface area contributed by atoms with Crippen LogP contribution in [-0.2, 0) is 6.54 Å². The fourth-order valence-electron chi connectivity index (χ4n) is 4.05. The molecule has 13 nitrogen and oxygen atoms in total. The average Bonchev–Trinajstić information content (AvgIpc) is 3.64. The first-order valence-corrected chi connectivity index (χ1v) is 12.1. The number of nitrogens with one attached hydrogen (secondary N) is 3. The molecule has 5 N–H and O–H groups in total. The number of hydrogen-bond acceptors (Lipinski definition) is 12. The van der Waals surface area contributed by atoms with Crippen LogP contribution in [0.5, 0.6) is 0 Å². The van der Waals surface area contributed by atoms with E-state index in [1.807, 2.05) is 30.3 Å². The zero-order valence-electron chi connectivity index (χ0n) is 19.3. The highest BCUT2D eigenvalue weighted by Crippen LogP contribution is 2.29. The van der Waals surface area contributed by atoms with Crippen LogP contribution in [0.1, 0.15) is 33.8 Å². The number of aromatic nitrogens is 7. The fraction of sp³-hybridized carbons (Fsp3) is 0.318. The lowest BCUT2D eigenvalue weighted by Gasteiger charge is -2.25. The van der Waals surface area contributed by atoms with E-state index in [-0.39, 0.29) is 23.5 Å². The van der Waals surface area contributed by atoms with Crippen LogP contribution in [0.2, 0.25) is 0 Å². The van der Waals surface area contributed by atoms with Crippen molar-refractivity contribution in [2.75, 3.05) is 28.7 Å². The van der Waals surface area contributed by atoms with Gasteiger partial charge >= 0.3 is 5.97 Å². The molecule has 5 rings (SSSR count). The first kappa shape index (κ1) is 23.6. The van der Waals surface area contributed by atoms with Crippen molar-refractivity contribution in [3.8, 4) is 11.4 Å². The van der Waals surface area contributed by atoms with Crippen LogP contribution in [0.25, 0.3) is 11.4 Å². The average molecular weight is 509 g/mol. The Morgan fingerprint density at radius 2 is 2.08 bits per heavy atom. The minimum Gasteiger partial charge on any atom is -0.477 e. The third-order valence-corrected chi connectivity index (χ3v) is 6.90. The smallest absolute Gasteiger partial charge is 0.347 e. The SMILES string of the molecule is Cc1nc(Nc2nc(NCc3ccc(-c4nn[nH]n4)cc3)cc(N3CCCC3CO)n2)sc1C(=O)O. The summed E-state index contributed by atoms with van der Waals surface area (Å²) < 4.78 is 0. The lowest BCUT2D eigenvalue weighted by Crippen LogP contribution is -2.33. The van der Waals surface area contributed by atoms with Gasteiger partial charge in [-0.2, -0.15) is 15.2 Å². The van der Waals surface area contributed by atoms with Gasteiger partial charge in [0.25, 0.3) is 0 Å². The van der Waals surface area contributed by atoms with Crippen LogP contribution >= 0.6 is 11.3 Å². The molecule has 0 spiro atoms. The van der Waals surface area contributed by atoms with Crippen molar-refractivity contribution in [2.45, 2.75) is 32.4 Å². The van der Waals surface area contributed by atoms with Crippen LogP contribution < -0.4 is 15.5 Å². The van der Waals surface area contributed by atoms with E-state index < -0.39 is 5.97 Å². The molecule has 1 unspecified atom stereocenters. The van der Waals surface area contributed by atoms with Gasteiger partial charge < -0.3 is 20.4 Å². The molecule has 1 aromatic carbocycles. The van der Waals surface area contributed by atoms with Gasteiger partial charge in [0.1, 0.15) is 16.5 Å². The van der Waals surface area contributed by atoms with Gasteiger partial charge in [-0.1, -0.05) is 35.6 Å². The number of carbonyl (C=O) groups is 1. The summed E-state index contributed by atoms with van der Waals surface area (Å²) in [5, 5.41) is 39.9. The summed E-state index contributed by atoms with van der Waals surface area (Å²) in [7, 11) is 0. The molecule has 1 aliphatic rings. The first-order chi connectivity index (χ1) is 17.5. The van der Waals surface area contributed by atoms with Crippen LogP contribution in [0.15, 0.2) is 30.3 Å². The number of tetrazole rings is 1. The molecule has 0 saturated carbocycles. The molecule has 4 heterocycles. The third kappa shape index (κ3) is 5.08. The van der Waals surface area contributed by atoms with Crippen LogP contribution in [0.3, 0.4) is 0 Å². The standard InChI is InChI=1S/C22H24N10O3S/c1-12-18(20(34)35)36-22(24-12)27-21-25-16(9-17(26-21)32-8-2-3-15(32)11-33)23-10-13-4-6-14(7-5-13)19-28-30-31-29-19/h4-7,9,15,33H,2-3,8,10-11H2,1H3,(H,34,35)(H,28,29,30,31)(H2,23,24,25,26,27). The zero-order valence-corrected chi connectivity index (χ0v) is 20.2. The molecule has 0 radical (unpaired) electrons. The lowest BCUT2D eigenvalue weighted by molar-refractivity contribution is 0.0701. The number of nitrogens with zero attached hydrogens (tertiary/aromatic N) is 7. The van der Waals surface area contributed by atoms with Crippen molar-refractivity contribution < 1.29 is 15.0 Å². The predicted molar refractivity (Wildman–Crippen MR) is 134 cm³/mol. The van der Waals surface area contributed by atoms with E-state index in [0.717, 1.165) is 41.9 Å². The normalized spacial score (nSPS) is 15.3. The van der Waals surface area contributed by atoms with E-state index in [4.69, 9.17) is 0 Å². The Bertz CT molecular complexity index is 1340. The molecule has 1 fully saturated rings. The monoisotopic (exact) mass is 508 g/mol. The number of H-pyrrole nitrogens is 1. The molecule has 186 valence electrons. The molecule has 14 heteroatoms. The number of aryl methyl sites for hydroxylation is 1. The molecule has 0 aliphatic carbocycles. The Hall–Kier alpha value is -4.17. The minimum absolute atomic E-state index is 0.0148. The fourth-order valence-corrected chi connectivity index (χ4v) is 4.85.